The molecule has 2 aromatic rings. The largest absolute Gasteiger partial charge is 0.0654 e. The molecular formula is C30H44. The molecule has 0 heterocycles. The van der Waals surface area contributed by atoms with Crippen LogP contribution in [-0.2, 0) is 10.8 Å². The fourth-order valence-corrected chi connectivity index (χ4v) is 5.45. The van der Waals surface area contributed by atoms with Crippen molar-refractivity contribution in [3.63, 3.8) is 0 Å². The lowest BCUT2D eigenvalue weighted by molar-refractivity contribution is 0.400. The van der Waals surface area contributed by atoms with Crippen molar-refractivity contribution in [2.24, 2.45) is 0 Å². The van der Waals surface area contributed by atoms with Gasteiger partial charge in [-0.1, -0.05) is 128 Å². The van der Waals surface area contributed by atoms with Gasteiger partial charge in [0.15, 0.2) is 0 Å². The van der Waals surface area contributed by atoms with Gasteiger partial charge in [-0.25, -0.2) is 0 Å². The number of rotatable bonds is 10. The van der Waals surface area contributed by atoms with E-state index in [0.717, 1.165) is 0 Å². The average Bonchev–Trinajstić information content (AvgIpc) is 2.97. The van der Waals surface area contributed by atoms with E-state index in [-0.39, 0.29) is 10.8 Å². The summed E-state index contributed by atoms with van der Waals surface area (Å²) in [6.07, 6.45) is 13.4. The van der Waals surface area contributed by atoms with E-state index in [4.69, 9.17) is 0 Å². The first-order chi connectivity index (χ1) is 14.3. The summed E-state index contributed by atoms with van der Waals surface area (Å²) in [6, 6.07) is 14.6. The van der Waals surface area contributed by atoms with Crippen LogP contribution in [0.4, 0.5) is 0 Å². The lowest BCUT2D eigenvalue weighted by Crippen LogP contribution is -2.26. The molecule has 0 saturated carbocycles. The number of benzene rings is 2. The van der Waals surface area contributed by atoms with Crippen molar-refractivity contribution in [1.29, 1.82) is 0 Å². The molecule has 0 N–H and O–H groups in total. The monoisotopic (exact) mass is 404 g/mol. The van der Waals surface area contributed by atoms with Crippen LogP contribution in [0.1, 0.15) is 121 Å². The molecule has 0 amide bonds. The van der Waals surface area contributed by atoms with Crippen molar-refractivity contribution in [1.82, 2.24) is 0 Å². The summed E-state index contributed by atoms with van der Waals surface area (Å²) < 4.78 is 0. The Morgan fingerprint density at radius 1 is 0.667 bits per heavy atom. The van der Waals surface area contributed by atoms with E-state index in [1.807, 2.05) is 0 Å². The molecular weight excluding hydrogens is 360 g/mol. The number of unbranched alkanes of at least 4 members (excludes halogenated alkanes) is 6. The summed E-state index contributed by atoms with van der Waals surface area (Å²) >= 11 is 0. The van der Waals surface area contributed by atoms with E-state index < -0.39 is 0 Å². The fourth-order valence-electron chi connectivity index (χ4n) is 5.45. The van der Waals surface area contributed by atoms with Crippen molar-refractivity contribution in [3.8, 4) is 11.1 Å². The minimum atomic E-state index is 0.190. The predicted octanol–water partition coefficient (Wildman–Crippen LogP) is 9.50. The maximum atomic E-state index is 2.59. The molecule has 0 saturated heterocycles. The van der Waals surface area contributed by atoms with Crippen molar-refractivity contribution in [2.75, 3.05) is 0 Å². The molecule has 1 aliphatic rings. The third-order valence-corrected chi connectivity index (χ3v) is 7.30. The van der Waals surface area contributed by atoms with Gasteiger partial charge in [0, 0.05) is 5.41 Å². The normalized spacial score (nSPS) is 14.6. The van der Waals surface area contributed by atoms with Crippen LogP contribution in [-0.4, -0.2) is 0 Å². The Labute approximate surface area is 186 Å². The van der Waals surface area contributed by atoms with Gasteiger partial charge in [-0.3, -0.25) is 0 Å². The SMILES string of the molecule is CCCCCCC1(CCCCCC)c2cc(C)ccc2-c2ccc(C(C)(C)C)cc21. The van der Waals surface area contributed by atoms with Crippen molar-refractivity contribution < 1.29 is 0 Å². The van der Waals surface area contributed by atoms with Crippen molar-refractivity contribution in [3.05, 3.63) is 58.7 Å². The van der Waals surface area contributed by atoms with Crippen LogP contribution < -0.4 is 0 Å². The Hall–Kier alpha value is -1.56. The molecule has 1 aliphatic carbocycles. The van der Waals surface area contributed by atoms with E-state index in [0.29, 0.717) is 0 Å². The summed E-state index contributed by atoms with van der Waals surface area (Å²) in [4.78, 5) is 0. The molecule has 0 spiro atoms. The second kappa shape index (κ2) is 9.71. The van der Waals surface area contributed by atoms with Crippen LogP contribution in [0.3, 0.4) is 0 Å². The van der Waals surface area contributed by atoms with Crippen LogP contribution >= 0.6 is 0 Å². The molecule has 0 atom stereocenters. The van der Waals surface area contributed by atoms with Crippen LogP contribution in [0.15, 0.2) is 36.4 Å². The van der Waals surface area contributed by atoms with Gasteiger partial charge in [0.05, 0.1) is 0 Å². The molecule has 0 aliphatic heterocycles. The molecule has 30 heavy (non-hydrogen) atoms. The van der Waals surface area contributed by atoms with Gasteiger partial charge in [-0.15, -0.1) is 0 Å². The van der Waals surface area contributed by atoms with Gasteiger partial charge in [0.25, 0.3) is 0 Å². The highest BCUT2D eigenvalue weighted by atomic mass is 14.5. The molecule has 2 aromatic carbocycles. The quantitative estimate of drug-likeness (QED) is 0.346. The number of hydrogen-bond acceptors (Lipinski definition) is 0. The molecule has 0 aromatic heterocycles. The standard InChI is InChI=1S/C30H44/c1-7-9-11-13-19-30(20-14-12-10-8-2)27-21-23(3)15-17-25(27)26-18-16-24(22-28(26)30)29(4,5)6/h15-18,21-22H,7-14,19-20H2,1-6H3. The lowest BCUT2D eigenvalue weighted by Gasteiger charge is -2.34. The zero-order valence-corrected chi connectivity index (χ0v) is 20.5. The molecule has 164 valence electrons. The van der Waals surface area contributed by atoms with Gasteiger partial charge in [-0.2, -0.15) is 0 Å². The minimum Gasteiger partial charge on any atom is -0.0654 e. The number of aryl methyl sites for hydroxylation is 1. The molecule has 0 radical (unpaired) electrons. The molecule has 0 bridgehead atoms. The first kappa shape index (κ1) is 23.1. The first-order valence-corrected chi connectivity index (χ1v) is 12.6. The number of hydrogen-bond donors (Lipinski definition) is 0. The lowest BCUT2D eigenvalue weighted by atomic mass is 9.69. The Morgan fingerprint density at radius 2 is 1.20 bits per heavy atom. The maximum absolute atomic E-state index is 2.59. The molecule has 0 nitrogen and oxygen atoms in total. The fraction of sp³-hybridized carbons (Fsp3) is 0.600. The zero-order valence-electron chi connectivity index (χ0n) is 20.5. The highest BCUT2D eigenvalue weighted by Crippen LogP contribution is 2.55. The summed E-state index contributed by atoms with van der Waals surface area (Å²) in [5.41, 5.74) is 9.54. The average molecular weight is 405 g/mol. The minimum absolute atomic E-state index is 0.190. The van der Waals surface area contributed by atoms with Gasteiger partial charge >= 0.3 is 0 Å². The van der Waals surface area contributed by atoms with E-state index in [2.05, 4.69) is 77.9 Å². The molecule has 0 unspecified atom stereocenters. The van der Waals surface area contributed by atoms with E-state index in [9.17, 15) is 0 Å². The van der Waals surface area contributed by atoms with Crippen LogP contribution in [0.2, 0.25) is 0 Å². The van der Waals surface area contributed by atoms with Gasteiger partial charge in [-0.05, 0) is 53.0 Å². The summed E-state index contributed by atoms with van der Waals surface area (Å²) in [5, 5.41) is 0. The third-order valence-electron chi connectivity index (χ3n) is 7.30. The highest BCUT2D eigenvalue weighted by molar-refractivity contribution is 5.81. The van der Waals surface area contributed by atoms with Gasteiger partial charge in [0.2, 0.25) is 0 Å². The Bertz CT molecular complexity index is 822. The van der Waals surface area contributed by atoms with Crippen molar-refractivity contribution in [2.45, 2.75) is 117 Å². The summed E-state index contributed by atoms with van der Waals surface area (Å²) in [6.45, 7) is 14.0. The Balaban J connectivity index is 2.10. The Morgan fingerprint density at radius 3 is 1.73 bits per heavy atom. The van der Waals surface area contributed by atoms with Crippen molar-refractivity contribution >= 4 is 0 Å². The third kappa shape index (κ3) is 4.68. The molecule has 0 heteroatoms. The second-order valence-corrected chi connectivity index (χ2v) is 10.8. The van der Waals surface area contributed by atoms with E-state index >= 15 is 0 Å². The van der Waals surface area contributed by atoms with Gasteiger partial charge < -0.3 is 0 Å². The summed E-state index contributed by atoms with van der Waals surface area (Å²) in [5.74, 6) is 0. The maximum Gasteiger partial charge on any atom is 0.0215 e. The first-order valence-electron chi connectivity index (χ1n) is 12.6. The van der Waals surface area contributed by atoms with Gasteiger partial charge in [0.1, 0.15) is 0 Å². The topological polar surface area (TPSA) is 0 Å². The second-order valence-electron chi connectivity index (χ2n) is 10.8. The smallest absolute Gasteiger partial charge is 0.0215 e. The van der Waals surface area contributed by atoms with E-state index in [1.54, 1.807) is 11.1 Å². The van der Waals surface area contributed by atoms with Crippen LogP contribution in [0, 0.1) is 6.92 Å². The molecule has 0 fully saturated rings. The Kier molecular flexibility index (Phi) is 7.48. The van der Waals surface area contributed by atoms with E-state index in [1.165, 1.54) is 86.5 Å². The number of fused-ring (bicyclic) bond motifs is 3. The summed E-state index contributed by atoms with van der Waals surface area (Å²) in [7, 11) is 0. The zero-order chi connectivity index (χ0) is 21.8. The molecule has 3 rings (SSSR count). The van der Waals surface area contributed by atoms with Crippen LogP contribution in [0.25, 0.3) is 11.1 Å². The van der Waals surface area contributed by atoms with Crippen LogP contribution in [0.5, 0.6) is 0 Å². The predicted molar refractivity (Wildman–Crippen MR) is 134 cm³/mol. The highest BCUT2D eigenvalue weighted by Gasteiger charge is 2.42.